The first kappa shape index (κ1) is 13.5. The fraction of sp³-hybridized carbons (Fsp3) is 0.462. The van der Waals surface area contributed by atoms with Gasteiger partial charge < -0.3 is 15.8 Å². The third kappa shape index (κ3) is 3.20. The van der Waals surface area contributed by atoms with Crippen molar-refractivity contribution in [1.29, 1.82) is 0 Å². The molecule has 0 bridgehead atoms. The summed E-state index contributed by atoms with van der Waals surface area (Å²) in [6.07, 6.45) is 0.260. The van der Waals surface area contributed by atoms with Crippen molar-refractivity contribution in [2.24, 2.45) is 5.73 Å². The van der Waals surface area contributed by atoms with Gasteiger partial charge in [0.2, 0.25) is 5.91 Å². The minimum Gasteiger partial charge on any atom is -0.496 e. The van der Waals surface area contributed by atoms with Crippen LogP contribution in [-0.2, 0) is 4.79 Å². The van der Waals surface area contributed by atoms with Crippen LogP contribution in [0.2, 0.25) is 0 Å². The molecule has 0 heterocycles. The molecule has 1 atom stereocenters. The van der Waals surface area contributed by atoms with Crippen LogP contribution in [0.25, 0.3) is 0 Å². The van der Waals surface area contributed by atoms with E-state index in [0.29, 0.717) is 0 Å². The molecule has 0 saturated heterocycles. The molecule has 1 amide bonds. The molecule has 0 fully saturated rings. The lowest BCUT2D eigenvalue weighted by atomic mass is 9.98. The SMILES string of the molecule is CNC(=O)CC(N)c1cc(C)cc(C)c1OC. The molecule has 1 aromatic rings. The molecule has 0 aliphatic heterocycles. The molecule has 0 saturated carbocycles. The number of rotatable bonds is 4. The Morgan fingerprint density at radius 3 is 2.65 bits per heavy atom. The van der Waals surface area contributed by atoms with Crippen LogP contribution in [0, 0.1) is 13.8 Å². The minimum atomic E-state index is -0.344. The van der Waals surface area contributed by atoms with Gasteiger partial charge in [0.15, 0.2) is 0 Å². The summed E-state index contributed by atoms with van der Waals surface area (Å²) in [5.41, 5.74) is 9.08. The first-order valence-corrected chi connectivity index (χ1v) is 5.61. The van der Waals surface area contributed by atoms with Crippen LogP contribution in [-0.4, -0.2) is 20.1 Å². The Labute approximate surface area is 102 Å². The number of carbonyl (C=O) groups is 1. The van der Waals surface area contributed by atoms with Gasteiger partial charge in [-0.15, -0.1) is 0 Å². The zero-order valence-electron chi connectivity index (χ0n) is 10.8. The maximum Gasteiger partial charge on any atom is 0.221 e. The van der Waals surface area contributed by atoms with Crippen molar-refractivity contribution < 1.29 is 9.53 Å². The normalized spacial score (nSPS) is 12.1. The number of nitrogens with one attached hydrogen (secondary N) is 1. The van der Waals surface area contributed by atoms with E-state index in [1.165, 1.54) is 0 Å². The highest BCUT2D eigenvalue weighted by Crippen LogP contribution is 2.30. The van der Waals surface area contributed by atoms with Gasteiger partial charge in [-0.3, -0.25) is 4.79 Å². The first-order valence-electron chi connectivity index (χ1n) is 5.61. The first-order chi connectivity index (χ1) is 7.99. The fourth-order valence-corrected chi connectivity index (χ4v) is 1.95. The second-order valence-electron chi connectivity index (χ2n) is 4.19. The van der Waals surface area contributed by atoms with Gasteiger partial charge in [-0.1, -0.05) is 17.7 Å². The number of carbonyl (C=O) groups excluding carboxylic acids is 1. The smallest absolute Gasteiger partial charge is 0.221 e. The second kappa shape index (κ2) is 5.68. The van der Waals surface area contributed by atoms with Crippen molar-refractivity contribution in [2.45, 2.75) is 26.3 Å². The molecule has 0 aliphatic carbocycles. The topological polar surface area (TPSA) is 64.4 Å². The Bertz CT molecular complexity index is 416. The van der Waals surface area contributed by atoms with Gasteiger partial charge in [-0.2, -0.15) is 0 Å². The van der Waals surface area contributed by atoms with Crippen LogP contribution < -0.4 is 15.8 Å². The van der Waals surface area contributed by atoms with Gasteiger partial charge in [-0.05, 0) is 19.4 Å². The molecule has 0 radical (unpaired) electrons. The number of aryl methyl sites for hydroxylation is 2. The van der Waals surface area contributed by atoms with Gasteiger partial charge in [0.25, 0.3) is 0 Å². The zero-order valence-corrected chi connectivity index (χ0v) is 10.8. The Morgan fingerprint density at radius 2 is 2.12 bits per heavy atom. The third-order valence-electron chi connectivity index (χ3n) is 2.74. The van der Waals surface area contributed by atoms with Gasteiger partial charge >= 0.3 is 0 Å². The van der Waals surface area contributed by atoms with E-state index in [4.69, 9.17) is 10.5 Å². The van der Waals surface area contributed by atoms with E-state index in [2.05, 4.69) is 5.32 Å². The third-order valence-corrected chi connectivity index (χ3v) is 2.74. The average Bonchev–Trinajstić information content (AvgIpc) is 2.27. The minimum absolute atomic E-state index is 0.0706. The summed E-state index contributed by atoms with van der Waals surface area (Å²) < 4.78 is 5.36. The lowest BCUT2D eigenvalue weighted by Crippen LogP contribution is -2.24. The number of hydrogen-bond donors (Lipinski definition) is 2. The van der Waals surface area contributed by atoms with Crippen molar-refractivity contribution in [3.05, 3.63) is 28.8 Å². The molecule has 0 aliphatic rings. The van der Waals surface area contributed by atoms with Crippen LogP contribution >= 0.6 is 0 Å². The quantitative estimate of drug-likeness (QED) is 0.831. The molecule has 4 heteroatoms. The van der Waals surface area contributed by atoms with Crippen molar-refractivity contribution in [3.63, 3.8) is 0 Å². The molecule has 1 rings (SSSR count). The predicted octanol–water partition coefficient (Wildman–Crippen LogP) is 1.45. The Hall–Kier alpha value is -1.55. The number of amides is 1. The largest absolute Gasteiger partial charge is 0.496 e. The van der Waals surface area contributed by atoms with Crippen molar-refractivity contribution in [1.82, 2.24) is 5.32 Å². The highest BCUT2D eigenvalue weighted by atomic mass is 16.5. The lowest BCUT2D eigenvalue weighted by Gasteiger charge is -2.17. The van der Waals surface area contributed by atoms with Crippen LogP contribution in [0.15, 0.2) is 12.1 Å². The van der Waals surface area contributed by atoms with Gasteiger partial charge in [0.1, 0.15) is 5.75 Å². The lowest BCUT2D eigenvalue weighted by molar-refractivity contribution is -0.120. The van der Waals surface area contributed by atoms with E-state index in [-0.39, 0.29) is 18.4 Å². The predicted molar refractivity (Wildman–Crippen MR) is 68.1 cm³/mol. The summed E-state index contributed by atoms with van der Waals surface area (Å²) >= 11 is 0. The summed E-state index contributed by atoms with van der Waals surface area (Å²) in [6, 6.07) is 3.66. The average molecular weight is 236 g/mol. The molecule has 1 aromatic carbocycles. The summed E-state index contributed by atoms with van der Waals surface area (Å²) in [5, 5.41) is 2.57. The van der Waals surface area contributed by atoms with E-state index in [1.807, 2.05) is 26.0 Å². The standard InChI is InChI=1S/C13H20N2O2/c1-8-5-9(2)13(17-4)10(6-8)11(14)7-12(16)15-3/h5-6,11H,7,14H2,1-4H3,(H,15,16). The van der Waals surface area contributed by atoms with Crippen LogP contribution in [0.3, 0.4) is 0 Å². The van der Waals surface area contributed by atoms with Crippen LogP contribution in [0.1, 0.15) is 29.2 Å². The van der Waals surface area contributed by atoms with Gasteiger partial charge in [0, 0.05) is 25.1 Å². The Kier molecular flexibility index (Phi) is 4.52. The van der Waals surface area contributed by atoms with E-state index < -0.39 is 0 Å². The monoisotopic (exact) mass is 236 g/mol. The molecular weight excluding hydrogens is 216 g/mol. The molecule has 3 N–H and O–H groups in total. The molecule has 17 heavy (non-hydrogen) atoms. The second-order valence-corrected chi connectivity index (χ2v) is 4.19. The van der Waals surface area contributed by atoms with E-state index in [1.54, 1.807) is 14.2 Å². The van der Waals surface area contributed by atoms with Gasteiger partial charge in [0.05, 0.1) is 7.11 Å². The summed E-state index contributed by atoms with van der Waals surface area (Å²) in [7, 11) is 3.22. The molecule has 0 aromatic heterocycles. The highest BCUT2D eigenvalue weighted by Gasteiger charge is 2.17. The summed E-state index contributed by atoms with van der Waals surface area (Å²) in [6.45, 7) is 3.98. The molecule has 94 valence electrons. The zero-order chi connectivity index (χ0) is 13.0. The van der Waals surface area contributed by atoms with Crippen molar-refractivity contribution in [3.8, 4) is 5.75 Å². The van der Waals surface area contributed by atoms with Crippen LogP contribution in [0.5, 0.6) is 5.75 Å². The maximum atomic E-state index is 11.3. The van der Waals surface area contributed by atoms with Crippen molar-refractivity contribution >= 4 is 5.91 Å². The molecule has 4 nitrogen and oxygen atoms in total. The number of ether oxygens (including phenoxy) is 1. The fourth-order valence-electron chi connectivity index (χ4n) is 1.95. The highest BCUT2D eigenvalue weighted by molar-refractivity contribution is 5.76. The number of nitrogens with two attached hydrogens (primary N) is 1. The number of benzene rings is 1. The molecule has 0 spiro atoms. The molecular formula is C13H20N2O2. The van der Waals surface area contributed by atoms with E-state index in [9.17, 15) is 4.79 Å². The van der Waals surface area contributed by atoms with Gasteiger partial charge in [-0.25, -0.2) is 0 Å². The number of methoxy groups -OCH3 is 1. The maximum absolute atomic E-state index is 11.3. The van der Waals surface area contributed by atoms with Crippen LogP contribution in [0.4, 0.5) is 0 Å². The van der Waals surface area contributed by atoms with E-state index in [0.717, 1.165) is 22.4 Å². The van der Waals surface area contributed by atoms with E-state index >= 15 is 0 Å². The summed E-state index contributed by atoms with van der Waals surface area (Å²) in [5.74, 6) is 0.700. The number of hydrogen-bond acceptors (Lipinski definition) is 3. The molecule has 1 unspecified atom stereocenters. The van der Waals surface area contributed by atoms with Crippen molar-refractivity contribution in [2.75, 3.05) is 14.2 Å². The summed E-state index contributed by atoms with van der Waals surface area (Å²) in [4.78, 5) is 11.3. The Morgan fingerprint density at radius 1 is 1.47 bits per heavy atom. The Balaban J connectivity index is 3.07.